The Labute approximate surface area is 131 Å². The van der Waals surface area contributed by atoms with Crippen LogP contribution in [0.5, 0.6) is 11.5 Å². The third kappa shape index (κ3) is 4.13. The number of ether oxygens (including phenoxy) is 2. The summed E-state index contributed by atoms with van der Waals surface area (Å²) >= 11 is 0. The van der Waals surface area contributed by atoms with Gasteiger partial charge in [-0.15, -0.1) is 0 Å². The van der Waals surface area contributed by atoms with Crippen LogP contribution in [0.15, 0.2) is 18.2 Å². The number of benzene rings is 1. The normalized spacial score (nSPS) is 20.5. The number of carbonyl (C=O) groups is 1. The fraction of sp³-hybridized carbons (Fsp3) is 0.588. The zero-order chi connectivity index (χ0) is 15.2. The predicted octanol–water partition coefficient (Wildman–Crippen LogP) is 1.85. The van der Waals surface area contributed by atoms with E-state index in [4.69, 9.17) is 9.47 Å². The minimum absolute atomic E-state index is 0.124. The van der Waals surface area contributed by atoms with Crippen molar-refractivity contribution in [2.75, 3.05) is 26.3 Å². The lowest BCUT2D eigenvalue weighted by Crippen LogP contribution is -2.23. The second kappa shape index (κ2) is 7.49. The Bertz CT molecular complexity index is 513. The molecule has 1 saturated heterocycles. The van der Waals surface area contributed by atoms with Gasteiger partial charge >= 0.3 is 0 Å². The molecule has 0 aliphatic carbocycles. The van der Waals surface area contributed by atoms with Crippen LogP contribution in [-0.4, -0.2) is 32.2 Å². The molecule has 1 amide bonds. The molecule has 2 N–H and O–H groups in total. The second-order valence-corrected chi connectivity index (χ2v) is 6.01. The van der Waals surface area contributed by atoms with Gasteiger partial charge in [-0.05, 0) is 49.5 Å². The fourth-order valence-corrected chi connectivity index (χ4v) is 2.90. The molecule has 22 heavy (non-hydrogen) atoms. The van der Waals surface area contributed by atoms with E-state index in [0.717, 1.165) is 43.0 Å². The third-order valence-corrected chi connectivity index (χ3v) is 4.24. The standard InChI is InChI=1S/C17H24N2O3/c20-17(5-3-13-6-7-18-11-13)19-12-14-2-4-15-16(10-14)22-9-1-8-21-15/h2,4,10,13,18H,1,3,5-9,11-12H2,(H,19,20). The Hall–Kier alpha value is -1.75. The molecule has 5 nitrogen and oxygen atoms in total. The van der Waals surface area contributed by atoms with E-state index < -0.39 is 0 Å². The minimum atomic E-state index is 0.124. The molecule has 0 radical (unpaired) electrons. The number of rotatable bonds is 5. The van der Waals surface area contributed by atoms with Gasteiger partial charge in [0.15, 0.2) is 11.5 Å². The molecule has 1 fully saturated rings. The number of nitrogens with one attached hydrogen (secondary N) is 2. The SMILES string of the molecule is O=C(CCC1CCNC1)NCc1ccc2c(c1)OCCCO2. The molecular weight excluding hydrogens is 280 g/mol. The van der Waals surface area contributed by atoms with E-state index in [1.807, 2.05) is 18.2 Å². The summed E-state index contributed by atoms with van der Waals surface area (Å²) in [6.45, 7) is 4.05. The van der Waals surface area contributed by atoms with E-state index in [1.54, 1.807) is 0 Å². The van der Waals surface area contributed by atoms with Crippen LogP contribution in [0.1, 0.15) is 31.2 Å². The van der Waals surface area contributed by atoms with Gasteiger partial charge in [0.05, 0.1) is 13.2 Å². The molecule has 1 aromatic carbocycles. The van der Waals surface area contributed by atoms with E-state index in [2.05, 4.69) is 10.6 Å². The summed E-state index contributed by atoms with van der Waals surface area (Å²) in [6, 6.07) is 5.86. The van der Waals surface area contributed by atoms with Crippen LogP contribution in [0.2, 0.25) is 0 Å². The number of carbonyl (C=O) groups excluding carboxylic acids is 1. The summed E-state index contributed by atoms with van der Waals surface area (Å²) in [7, 11) is 0. The molecule has 120 valence electrons. The highest BCUT2D eigenvalue weighted by Crippen LogP contribution is 2.30. The Morgan fingerprint density at radius 2 is 2.14 bits per heavy atom. The van der Waals surface area contributed by atoms with E-state index in [9.17, 15) is 4.79 Å². The summed E-state index contributed by atoms with van der Waals surface area (Å²) in [4.78, 5) is 11.9. The van der Waals surface area contributed by atoms with Crippen molar-refractivity contribution in [2.45, 2.75) is 32.2 Å². The van der Waals surface area contributed by atoms with Crippen molar-refractivity contribution in [1.29, 1.82) is 0 Å². The molecule has 0 bridgehead atoms. The molecule has 2 heterocycles. The zero-order valence-electron chi connectivity index (χ0n) is 12.9. The monoisotopic (exact) mass is 304 g/mol. The van der Waals surface area contributed by atoms with Crippen LogP contribution in [0.4, 0.5) is 0 Å². The van der Waals surface area contributed by atoms with E-state index in [-0.39, 0.29) is 5.91 Å². The van der Waals surface area contributed by atoms with Crippen LogP contribution in [0.25, 0.3) is 0 Å². The molecule has 2 aliphatic heterocycles. The lowest BCUT2D eigenvalue weighted by molar-refractivity contribution is -0.121. The molecule has 1 aromatic rings. The van der Waals surface area contributed by atoms with Crippen molar-refractivity contribution in [3.63, 3.8) is 0 Å². The first-order chi connectivity index (χ1) is 10.8. The van der Waals surface area contributed by atoms with Gasteiger partial charge in [-0.3, -0.25) is 4.79 Å². The maximum atomic E-state index is 11.9. The van der Waals surface area contributed by atoms with Gasteiger partial charge in [-0.2, -0.15) is 0 Å². The van der Waals surface area contributed by atoms with Crippen molar-refractivity contribution in [3.05, 3.63) is 23.8 Å². The first kappa shape index (κ1) is 15.2. The number of hydrogen-bond donors (Lipinski definition) is 2. The maximum absolute atomic E-state index is 11.9. The van der Waals surface area contributed by atoms with Gasteiger partial charge in [0.25, 0.3) is 0 Å². The maximum Gasteiger partial charge on any atom is 0.220 e. The average Bonchev–Trinajstić information content (AvgIpc) is 2.95. The molecule has 5 heteroatoms. The Morgan fingerprint density at radius 1 is 1.27 bits per heavy atom. The highest BCUT2D eigenvalue weighted by Gasteiger charge is 2.16. The van der Waals surface area contributed by atoms with Gasteiger partial charge in [0.1, 0.15) is 0 Å². The van der Waals surface area contributed by atoms with E-state index in [0.29, 0.717) is 32.1 Å². The summed E-state index contributed by atoms with van der Waals surface area (Å²) in [5.74, 6) is 2.35. The van der Waals surface area contributed by atoms with Gasteiger partial charge in [0.2, 0.25) is 5.91 Å². The molecule has 1 atom stereocenters. The van der Waals surface area contributed by atoms with Crippen molar-refractivity contribution in [2.24, 2.45) is 5.92 Å². The fourth-order valence-electron chi connectivity index (χ4n) is 2.90. The topological polar surface area (TPSA) is 59.6 Å². The summed E-state index contributed by atoms with van der Waals surface area (Å²) < 4.78 is 11.3. The third-order valence-electron chi connectivity index (χ3n) is 4.24. The highest BCUT2D eigenvalue weighted by molar-refractivity contribution is 5.75. The minimum Gasteiger partial charge on any atom is -0.490 e. The molecule has 3 rings (SSSR count). The number of hydrogen-bond acceptors (Lipinski definition) is 4. The predicted molar refractivity (Wildman–Crippen MR) is 84.1 cm³/mol. The first-order valence-corrected chi connectivity index (χ1v) is 8.17. The van der Waals surface area contributed by atoms with Gasteiger partial charge in [-0.25, -0.2) is 0 Å². The van der Waals surface area contributed by atoms with Gasteiger partial charge in [0, 0.05) is 19.4 Å². The largest absolute Gasteiger partial charge is 0.490 e. The van der Waals surface area contributed by atoms with Crippen LogP contribution >= 0.6 is 0 Å². The first-order valence-electron chi connectivity index (χ1n) is 8.17. The van der Waals surface area contributed by atoms with Crippen LogP contribution < -0.4 is 20.1 Å². The molecule has 2 aliphatic rings. The summed E-state index contributed by atoms with van der Waals surface area (Å²) in [5.41, 5.74) is 1.04. The van der Waals surface area contributed by atoms with Crippen molar-refractivity contribution in [3.8, 4) is 11.5 Å². The van der Waals surface area contributed by atoms with Crippen LogP contribution in [-0.2, 0) is 11.3 Å². The van der Waals surface area contributed by atoms with Gasteiger partial charge in [-0.1, -0.05) is 6.07 Å². The van der Waals surface area contributed by atoms with E-state index >= 15 is 0 Å². The molecule has 0 spiro atoms. The molecular formula is C17H24N2O3. The summed E-state index contributed by atoms with van der Waals surface area (Å²) in [5, 5.41) is 6.32. The molecule has 1 unspecified atom stereocenters. The molecule has 0 aromatic heterocycles. The lowest BCUT2D eigenvalue weighted by Gasteiger charge is -2.11. The molecule has 0 saturated carbocycles. The zero-order valence-corrected chi connectivity index (χ0v) is 12.9. The number of amides is 1. The Kier molecular flexibility index (Phi) is 5.16. The van der Waals surface area contributed by atoms with Crippen molar-refractivity contribution >= 4 is 5.91 Å². The number of fused-ring (bicyclic) bond motifs is 1. The highest BCUT2D eigenvalue weighted by atomic mass is 16.5. The van der Waals surface area contributed by atoms with Crippen LogP contribution in [0.3, 0.4) is 0 Å². The Balaban J connectivity index is 1.46. The van der Waals surface area contributed by atoms with Gasteiger partial charge < -0.3 is 20.1 Å². The smallest absolute Gasteiger partial charge is 0.220 e. The van der Waals surface area contributed by atoms with Crippen molar-refractivity contribution < 1.29 is 14.3 Å². The average molecular weight is 304 g/mol. The summed E-state index contributed by atoms with van der Waals surface area (Å²) in [6.07, 6.45) is 3.67. The van der Waals surface area contributed by atoms with Crippen molar-refractivity contribution in [1.82, 2.24) is 10.6 Å². The Morgan fingerprint density at radius 3 is 2.95 bits per heavy atom. The lowest BCUT2D eigenvalue weighted by atomic mass is 10.0. The second-order valence-electron chi connectivity index (χ2n) is 6.01. The van der Waals surface area contributed by atoms with Crippen LogP contribution in [0, 0.1) is 5.92 Å². The quantitative estimate of drug-likeness (QED) is 0.871. The van der Waals surface area contributed by atoms with E-state index in [1.165, 1.54) is 6.42 Å².